The number of hydrogen-bond donors (Lipinski definition) is 1. The topological polar surface area (TPSA) is 71.3 Å². The summed E-state index contributed by atoms with van der Waals surface area (Å²) in [4.78, 5) is 21.5. The Morgan fingerprint density at radius 1 is 1.13 bits per heavy atom. The molecular weight excluding hydrogens is 418 g/mol. The number of ether oxygens (including phenoxy) is 2. The monoisotopic (exact) mass is 441 g/mol. The lowest BCUT2D eigenvalue weighted by atomic mass is 10.2. The lowest BCUT2D eigenvalue weighted by molar-refractivity contribution is 0.134. The van der Waals surface area contributed by atoms with Crippen molar-refractivity contribution in [1.82, 2.24) is 24.5 Å². The average molecular weight is 442 g/mol. The van der Waals surface area contributed by atoms with Crippen LogP contribution in [0.25, 0.3) is 5.65 Å². The molecule has 5 rings (SSSR count). The summed E-state index contributed by atoms with van der Waals surface area (Å²) in [7, 11) is 0. The minimum absolute atomic E-state index is 0.0709. The number of pyridine rings is 1. The van der Waals surface area contributed by atoms with Gasteiger partial charge in [0.15, 0.2) is 11.5 Å². The smallest absolute Gasteiger partial charge is 0.317 e. The summed E-state index contributed by atoms with van der Waals surface area (Å²) in [6.07, 6.45) is 4.07. The quantitative estimate of drug-likeness (QED) is 0.674. The van der Waals surface area contributed by atoms with Gasteiger partial charge in [0.2, 0.25) is 0 Å². The van der Waals surface area contributed by atoms with Gasteiger partial charge in [0.05, 0.1) is 10.7 Å². The molecule has 2 amide bonds. The van der Waals surface area contributed by atoms with Gasteiger partial charge >= 0.3 is 6.03 Å². The maximum atomic E-state index is 12.6. The number of imidazole rings is 1. The lowest BCUT2D eigenvalue weighted by Crippen LogP contribution is -2.51. The minimum Gasteiger partial charge on any atom is -0.486 e. The Morgan fingerprint density at radius 3 is 2.81 bits per heavy atom. The van der Waals surface area contributed by atoms with Crippen LogP contribution in [-0.2, 0) is 13.1 Å². The van der Waals surface area contributed by atoms with Crippen molar-refractivity contribution < 1.29 is 14.3 Å². The van der Waals surface area contributed by atoms with Gasteiger partial charge in [-0.1, -0.05) is 17.7 Å². The molecular formula is C22H24ClN5O3. The van der Waals surface area contributed by atoms with Gasteiger partial charge in [-0.25, -0.2) is 9.78 Å². The molecule has 1 saturated heterocycles. The first-order chi connectivity index (χ1) is 15.2. The van der Waals surface area contributed by atoms with E-state index in [0.717, 1.165) is 36.5 Å². The number of nitrogens with one attached hydrogen (secondary N) is 1. The average Bonchev–Trinajstić information content (AvgIpc) is 3.20. The maximum Gasteiger partial charge on any atom is 0.317 e. The number of carbonyl (C=O) groups excluding carboxylic acids is 1. The number of fused-ring (bicyclic) bond motifs is 2. The van der Waals surface area contributed by atoms with Crippen LogP contribution in [0.2, 0.25) is 5.02 Å². The summed E-state index contributed by atoms with van der Waals surface area (Å²) < 4.78 is 13.2. The van der Waals surface area contributed by atoms with E-state index in [1.165, 1.54) is 0 Å². The molecule has 2 aliphatic rings. The van der Waals surface area contributed by atoms with Crippen LogP contribution in [0.5, 0.6) is 11.5 Å². The predicted octanol–water partition coefficient (Wildman–Crippen LogP) is 2.79. The molecule has 2 aromatic heterocycles. The third kappa shape index (κ3) is 4.40. The molecule has 1 fully saturated rings. The first-order valence-corrected chi connectivity index (χ1v) is 10.8. The number of hydrogen-bond acceptors (Lipinski definition) is 5. The van der Waals surface area contributed by atoms with Gasteiger partial charge in [-0.15, -0.1) is 0 Å². The standard InChI is InChI=1S/C22H24ClN5O3/c23-18-11-16(12-19-21(18)31-10-9-30-19)13-24-22(29)27-7-5-26(6-8-27)14-17-15-28-4-2-1-3-20(28)25-17/h1-4,11-12,15H,5-10,13-14H2,(H,24,29). The molecule has 162 valence electrons. The number of halogens is 1. The van der Waals surface area contributed by atoms with E-state index in [1.807, 2.05) is 45.8 Å². The van der Waals surface area contributed by atoms with Crippen LogP contribution in [0.4, 0.5) is 4.79 Å². The van der Waals surface area contributed by atoms with Gasteiger partial charge in [0.25, 0.3) is 0 Å². The maximum absolute atomic E-state index is 12.6. The summed E-state index contributed by atoms with van der Waals surface area (Å²) in [5, 5.41) is 3.48. The van der Waals surface area contributed by atoms with E-state index in [2.05, 4.69) is 21.4 Å². The van der Waals surface area contributed by atoms with E-state index >= 15 is 0 Å². The van der Waals surface area contributed by atoms with E-state index in [-0.39, 0.29) is 6.03 Å². The SMILES string of the molecule is O=C(NCc1cc(Cl)c2c(c1)OCCO2)N1CCN(Cc2cn3ccccc3n2)CC1. The summed E-state index contributed by atoms with van der Waals surface area (Å²) in [5.41, 5.74) is 2.88. The van der Waals surface area contributed by atoms with Gasteiger partial charge in [0.1, 0.15) is 18.9 Å². The van der Waals surface area contributed by atoms with Gasteiger partial charge in [0, 0.05) is 51.7 Å². The Hall–Kier alpha value is -2.97. The van der Waals surface area contributed by atoms with Crippen LogP contribution in [0, 0.1) is 0 Å². The van der Waals surface area contributed by atoms with Crippen LogP contribution in [0.15, 0.2) is 42.7 Å². The second kappa shape index (κ2) is 8.64. The van der Waals surface area contributed by atoms with Crippen molar-refractivity contribution in [1.29, 1.82) is 0 Å². The zero-order valence-electron chi connectivity index (χ0n) is 17.1. The number of aromatic nitrogens is 2. The van der Waals surface area contributed by atoms with Crippen LogP contribution in [0.3, 0.4) is 0 Å². The highest BCUT2D eigenvalue weighted by molar-refractivity contribution is 6.32. The zero-order chi connectivity index (χ0) is 21.2. The van der Waals surface area contributed by atoms with E-state index in [9.17, 15) is 4.79 Å². The summed E-state index contributed by atoms with van der Waals surface area (Å²) in [6, 6.07) is 9.59. The molecule has 0 saturated carbocycles. The number of amides is 2. The highest BCUT2D eigenvalue weighted by Crippen LogP contribution is 2.38. The normalized spacial score (nSPS) is 16.5. The van der Waals surface area contributed by atoms with Crippen LogP contribution in [-0.4, -0.2) is 64.6 Å². The van der Waals surface area contributed by atoms with Crippen molar-refractivity contribution in [2.24, 2.45) is 0 Å². The molecule has 8 nitrogen and oxygen atoms in total. The largest absolute Gasteiger partial charge is 0.486 e. The second-order valence-corrected chi connectivity index (χ2v) is 8.13. The Labute approximate surface area is 185 Å². The molecule has 1 N–H and O–H groups in total. The lowest BCUT2D eigenvalue weighted by Gasteiger charge is -2.34. The van der Waals surface area contributed by atoms with Crippen molar-refractivity contribution in [3.05, 3.63) is 59.0 Å². The molecule has 4 heterocycles. The summed E-state index contributed by atoms with van der Waals surface area (Å²) in [6.45, 7) is 5.16. The molecule has 3 aromatic rings. The number of rotatable bonds is 4. The van der Waals surface area contributed by atoms with Crippen molar-refractivity contribution >= 4 is 23.3 Å². The molecule has 1 aromatic carbocycles. The van der Waals surface area contributed by atoms with E-state index < -0.39 is 0 Å². The van der Waals surface area contributed by atoms with Crippen molar-refractivity contribution in [3.63, 3.8) is 0 Å². The first kappa shape index (κ1) is 20.0. The third-order valence-corrected chi connectivity index (χ3v) is 5.84. The Balaban J connectivity index is 1.12. The van der Waals surface area contributed by atoms with Crippen LogP contribution >= 0.6 is 11.6 Å². The number of urea groups is 1. The third-order valence-electron chi connectivity index (χ3n) is 5.56. The Kier molecular flexibility index (Phi) is 5.57. The number of carbonyl (C=O) groups is 1. The van der Waals surface area contributed by atoms with Gasteiger partial charge < -0.3 is 24.1 Å². The Bertz CT molecular complexity index is 1060. The zero-order valence-corrected chi connectivity index (χ0v) is 17.8. The van der Waals surface area contributed by atoms with Crippen molar-refractivity contribution in [3.8, 4) is 11.5 Å². The predicted molar refractivity (Wildman–Crippen MR) is 117 cm³/mol. The van der Waals surface area contributed by atoms with E-state index in [0.29, 0.717) is 49.4 Å². The number of benzene rings is 1. The molecule has 2 aliphatic heterocycles. The van der Waals surface area contributed by atoms with Crippen molar-refractivity contribution in [2.75, 3.05) is 39.4 Å². The fourth-order valence-electron chi connectivity index (χ4n) is 3.96. The van der Waals surface area contributed by atoms with Gasteiger partial charge in [-0.3, -0.25) is 4.90 Å². The van der Waals surface area contributed by atoms with E-state index in [1.54, 1.807) is 0 Å². The minimum atomic E-state index is -0.0709. The fourth-order valence-corrected chi connectivity index (χ4v) is 4.25. The van der Waals surface area contributed by atoms with Crippen LogP contribution < -0.4 is 14.8 Å². The molecule has 0 radical (unpaired) electrons. The summed E-state index contributed by atoms with van der Waals surface area (Å²) >= 11 is 6.28. The molecule has 0 spiro atoms. The van der Waals surface area contributed by atoms with Gasteiger partial charge in [-0.05, 0) is 29.8 Å². The molecule has 0 aliphatic carbocycles. The van der Waals surface area contributed by atoms with E-state index in [4.69, 9.17) is 21.1 Å². The first-order valence-electron chi connectivity index (χ1n) is 10.4. The van der Waals surface area contributed by atoms with Crippen molar-refractivity contribution in [2.45, 2.75) is 13.1 Å². The highest BCUT2D eigenvalue weighted by Gasteiger charge is 2.22. The number of nitrogens with zero attached hydrogens (tertiary/aromatic N) is 4. The molecule has 0 bridgehead atoms. The Morgan fingerprint density at radius 2 is 1.97 bits per heavy atom. The molecule has 0 unspecified atom stereocenters. The second-order valence-electron chi connectivity index (χ2n) is 7.72. The van der Waals surface area contributed by atoms with Crippen LogP contribution in [0.1, 0.15) is 11.3 Å². The molecule has 0 atom stereocenters. The van der Waals surface area contributed by atoms with Gasteiger partial charge in [-0.2, -0.15) is 0 Å². The fraction of sp³-hybridized carbons (Fsp3) is 0.364. The molecule has 9 heteroatoms. The highest BCUT2D eigenvalue weighted by atomic mass is 35.5. The molecule has 31 heavy (non-hydrogen) atoms. The summed E-state index contributed by atoms with van der Waals surface area (Å²) in [5.74, 6) is 1.20. The number of piperazine rings is 1.